The Morgan fingerprint density at radius 1 is 1.00 bits per heavy atom. The topological polar surface area (TPSA) is 18.5 Å². The Bertz CT molecular complexity index is 506. The van der Waals surface area contributed by atoms with Gasteiger partial charge in [0.25, 0.3) is 0 Å². The van der Waals surface area contributed by atoms with Gasteiger partial charge in [-0.05, 0) is 30.2 Å². The van der Waals surface area contributed by atoms with Crippen LogP contribution in [0.3, 0.4) is 0 Å². The van der Waals surface area contributed by atoms with Crippen molar-refractivity contribution in [2.75, 3.05) is 13.7 Å². The van der Waals surface area contributed by atoms with Gasteiger partial charge in [-0.25, -0.2) is 0 Å². The highest BCUT2D eigenvalue weighted by Crippen LogP contribution is 2.33. The van der Waals surface area contributed by atoms with Gasteiger partial charge < -0.3 is 9.47 Å². The smallest absolute Gasteiger partial charge is 0.127 e. The highest BCUT2D eigenvalue weighted by molar-refractivity contribution is 5.71. The van der Waals surface area contributed by atoms with E-state index in [0.29, 0.717) is 0 Å². The van der Waals surface area contributed by atoms with Crippen molar-refractivity contribution in [3.05, 3.63) is 48.5 Å². The van der Waals surface area contributed by atoms with Crippen LogP contribution in [0.4, 0.5) is 0 Å². The maximum Gasteiger partial charge on any atom is 0.127 e. The lowest BCUT2D eigenvalue weighted by atomic mass is 10.0. The van der Waals surface area contributed by atoms with Crippen molar-refractivity contribution < 1.29 is 9.47 Å². The van der Waals surface area contributed by atoms with Gasteiger partial charge in [-0.15, -0.1) is 0 Å². The molecule has 0 bridgehead atoms. The Kier molecular flexibility index (Phi) is 4.85. The van der Waals surface area contributed by atoms with E-state index in [9.17, 15) is 0 Å². The number of benzene rings is 2. The Labute approximate surface area is 115 Å². The molecule has 0 heterocycles. The Balaban J connectivity index is 2.32. The van der Waals surface area contributed by atoms with Crippen LogP contribution in [0.1, 0.15) is 19.8 Å². The summed E-state index contributed by atoms with van der Waals surface area (Å²) in [6, 6.07) is 16.2. The van der Waals surface area contributed by atoms with Crippen LogP contribution in [0.25, 0.3) is 11.1 Å². The van der Waals surface area contributed by atoms with Gasteiger partial charge in [0.15, 0.2) is 0 Å². The third-order valence-electron chi connectivity index (χ3n) is 3.03. The molecule has 0 atom stereocenters. The number of rotatable bonds is 6. The van der Waals surface area contributed by atoms with E-state index in [2.05, 4.69) is 19.1 Å². The quantitative estimate of drug-likeness (QED) is 0.706. The molecular weight excluding hydrogens is 236 g/mol. The zero-order chi connectivity index (χ0) is 13.5. The summed E-state index contributed by atoms with van der Waals surface area (Å²) in [5, 5.41) is 0. The third kappa shape index (κ3) is 3.50. The largest absolute Gasteiger partial charge is 0.497 e. The summed E-state index contributed by atoms with van der Waals surface area (Å²) in [4.78, 5) is 0. The molecule has 0 fully saturated rings. The average Bonchev–Trinajstić information content (AvgIpc) is 2.48. The summed E-state index contributed by atoms with van der Waals surface area (Å²) in [5.74, 6) is 1.77. The second-order valence-electron chi connectivity index (χ2n) is 4.43. The van der Waals surface area contributed by atoms with E-state index in [1.165, 1.54) is 0 Å². The van der Waals surface area contributed by atoms with Gasteiger partial charge in [0.2, 0.25) is 0 Å². The first-order valence-corrected chi connectivity index (χ1v) is 6.71. The minimum absolute atomic E-state index is 0.753. The van der Waals surface area contributed by atoms with Crippen molar-refractivity contribution >= 4 is 0 Å². The molecule has 2 aromatic carbocycles. The van der Waals surface area contributed by atoms with E-state index < -0.39 is 0 Å². The van der Waals surface area contributed by atoms with E-state index in [0.717, 1.165) is 42.1 Å². The maximum absolute atomic E-state index is 5.88. The Morgan fingerprint density at radius 3 is 2.47 bits per heavy atom. The van der Waals surface area contributed by atoms with Crippen LogP contribution < -0.4 is 9.47 Å². The molecule has 0 aromatic heterocycles. The first kappa shape index (κ1) is 13.5. The van der Waals surface area contributed by atoms with Crippen LogP contribution in [-0.2, 0) is 0 Å². The fourth-order valence-electron chi connectivity index (χ4n) is 1.93. The highest BCUT2D eigenvalue weighted by atomic mass is 16.5. The molecule has 0 saturated carbocycles. The minimum atomic E-state index is 0.753. The summed E-state index contributed by atoms with van der Waals surface area (Å²) in [6.45, 7) is 2.91. The molecule has 100 valence electrons. The number of hydrogen-bond acceptors (Lipinski definition) is 2. The van der Waals surface area contributed by atoms with Crippen LogP contribution in [-0.4, -0.2) is 13.7 Å². The molecule has 19 heavy (non-hydrogen) atoms. The van der Waals surface area contributed by atoms with Crippen molar-refractivity contribution in [2.45, 2.75) is 19.8 Å². The average molecular weight is 256 g/mol. The van der Waals surface area contributed by atoms with Crippen LogP contribution in [0.2, 0.25) is 0 Å². The predicted molar refractivity (Wildman–Crippen MR) is 78.8 cm³/mol. The third-order valence-corrected chi connectivity index (χ3v) is 3.03. The van der Waals surface area contributed by atoms with Crippen LogP contribution in [0.5, 0.6) is 11.5 Å². The van der Waals surface area contributed by atoms with E-state index in [-0.39, 0.29) is 0 Å². The van der Waals surface area contributed by atoms with Gasteiger partial charge in [0.1, 0.15) is 11.5 Å². The molecule has 2 nitrogen and oxygen atoms in total. The number of hydrogen-bond donors (Lipinski definition) is 0. The van der Waals surface area contributed by atoms with Crippen LogP contribution in [0, 0.1) is 0 Å². The molecule has 0 aliphatic rings. The van der Waals surface area contributed by atoms with Crippen molar-refractivity contribution in [1.29, 1.82) is 0 Å². The van der Waals surface area contributed by atoms with E-state index in [1.807, 2.05) is 36.4 Å². The standard InChI is InChI=1S/C17H20O2/c1-3-4-12-19-17-11-10-15(18-2)13-16(17)14-8-6-5-7-9-14/h5-11,13H,3-4,12H2,1-2H3. The van der Waals surface area contributed by atoms with Gasteiger partial charge in [-0.1, -0.05) is 43.7 Å². The van der Waals surface area contributed by atoms with E-state index >= 15 is 0 Å². The molecule has 0 saturated heterocycles. The van der Waals surface area contributed by atoms with Crippen molar-refractivity contribution in [2.24, 2.45) is 0 Å². The second kappa shape index (κ2) is 6.83. The first-order chi connectivity index (χ1) is 9.35. The SMILES string of the molecule is CCCCOc1ccc(OC)cc1-c1ccccc1. The lowest BCUT2D eigenvalue weighted by Gasteiger charge is -2.13. The fourth-order valence-corrected chi connectivity index (χ4v) is 1.93. The summed E-state index contributed by atoms with van der Waals surface area (Å²) >= 11 is 0. The molecule has 0 unspecified atom stereocenters. The first-order valence-electron chi connectivity index (χ1n) is 6.71. The Hall–Kier alpha value is -1.96. The van der Waals surface area contributed by atoms with Gasteiger partial charge >= 0.3 is 0 Å². The number of ether oxygens (including phenoxy) is 2. The van der Waals surface area contributed by atoms with Crippen molar-refractivity contribution in [1.82, 2.24) is 0 Å². The molecule has 2 heteroatoms. The molecule has 0 aliphatic heterocycles. The van der Waals surface area contributed by atoms with Gasteiger partial charge in [-0.2, -0.15) is 0 Å². The monoisotopic (exact) mass is 256 g/mol. The molecule has 2 aromatic rings. The zero-order valence-corrected chi connectivity index (χ0v) is 11.6. The van der Waals surface area contributed by atoms with Gasteiger partial charge in [0.05, 0.1) is 13.7 Å². The Morgan fingerprint density at radius 2 is 1.79 bits per heavy atom. The molecule has 0 amide bonds. The molecule has 0 N–H and O–H groups in total. The maximum atomic E-state index is 5.88. The molecule has 0 aliphatic carbocycles. The minimum Gasteiger partial charge on any atom is -0.497 e. The fraction of sp³-hybridized carbons (Fsp3) is 0.294. The molecular formula is C17H20O2. The van der Waals surface area contributed by atoms with E-state index in [1.54, 1.807) is 7.11 Å². The predicted octanol–water partition coefficient (Wildman–Crippen LogP) is 4.54. The number of unbranched alkanes of at least 4 members (excludes halogenated alkanes) is 1. The van der Waals surface area contributed by atoms with E-state index in [4.69, 9.17) is 9.47 Å². The summed E-state index contributed by atoms with van der Waals surface area (Å²) < 4.78 is 11.2. The number of methoxy groups -OCH3 is 1. The van der Waals surface area contributed by atoms with Crippen LogP contribution in [0.15, 0.2) is 48.5 Å². The van der Waals surface area contributed by atoms with Gasteiger partial charge in [-0.3, -0.25) is 0 Å². The van der Waals surface area contributed by atoms with Crippen molar-refractivity contribution in [3.8, 4) is 22.6 Å². The lowest BCUT2D eigenvalue weighted by molar-refractivity contribution is 0.310. The van der Waals surface area contributed by atoms with Crippen LogP contribution >= 0.6 is 0 Å². The molecule has 0 radical (unpaired) electrons. The summed E-state index contributed by atoms with van der Waals surface area (Å²) in [5.41, 5.74) is 2.23. The summed E-state index contributed by atoms with van der Waals surface area (Å²) in [7, 11) is 1.68. The summed E-state index contributed by atoms with van der Waals surface area (Å²) in [6.07, 6.45) is 2.21. The molecule has 2 rings (SSSR count). The molecule has 0 spiro atoms. The highest BCUT2D eigenvalue weighted by Gasteiger charge is 2.07. The lowest BCUT2D eigenvalue weighted by Crippen LogP contribution is -1.98. The normalized spacial score (nSPS) is 10.2. The van der Waals surface area contributed by atoms with Crippen molar-refractivity contribution in [3.63, 3.8) is 0 Å². The zero-order valence-electron chi connectivity index (χ0n) is 11.6. The van der Waals surface area contributed by atoms with Gasteiger partial charge in [0, 0.05) is 5.56 Å². The second-order valence-corrected chi connectivity index (χ2v) is 4.43.